The van der Waals surface area contributed by atoms with Crippen molar-refractivity contribution in [3.8, 4) is 0 Å². The number of primary amides is 1. The molecule has 0 fully saturated rings. The Morgan fingerprint density at radius 1 is 1.35 bits per heavy atom. The fourth-order valence-corrected chi connectivity index (χ4v) is 3.01. The molecule has 0 aliphatic rings. The normalized spacial score (nSPS) is 12.1. The molecule has 0 bridgehead atoms. The maximum Gasteiger partial charge on any atom is 0.251 e. The number of carbonyl (C=O) groups excluding carboxylic acids is 2. The summed E-state index contributed by atoms with van der Waals surface area (Å²) in [6.45, 7) is 2.79. The zero-order chi connectivity index (χ0) is 15.0. The van der Waals surface area contributed by atoms with Gasteiger partial charge in [0.25, 0.3) is 5.91 Å². The van der Waals surface area contributed by atoms with Crippen molar-refractivity contribution in [3.05, 3.63) is 17.0 Å². The van der Waals surface area contributed by atoms with Crippen molar-refractivity contribution in [2.24, 2.45) is 17.4 Å². The molecule has 0 aliphatic carbocycles. The molecule has 1 heterocycles. The largest absolute Gasteiger partial charge is 0.366 e. The van der Waals surface area contributed by atoms with Crippen LogP contribution in [0.4, 0.5) is 5.00 Å². The number of amides is 2. The highest BCUT2D eigenvalue weighted by molar-refractivity contribution is 7.14. The van der Waals surface area contributed by atoms with Crippen molar-refractivity contribution in [2.75, 3.05) is 11.9 Å². The van der Waals surface area contributed by atoms with Crippen molar-refractivity contribution in [1.82, 2.24) is 0 Å². The fraction of sp³-hybridized carbons (Fsp3) is 0.571. The van der Waals surface area contributed by atoms with Crippen LogP contribution in [-0.4, -0.2) is 18.4 Å². The number of nitrogens with two attached hydrogens (primary N) is 2. The Bertz CT molecular complexity index is 439. The molecule has 2 amide bonds. The van der Waals surface area contributed by atoms with E-state index in [2.05, 4.69) is 12.2 Å². The van der Waals surface area contributed by atoms with Gasteiger partial charge in [-0.1, -0.05) is 19.8 Å². The lowest BCUT2D eigenvalue weighted by atomic mass is 9.94. The number of carbonyl (C=O) groups is 2. The van der Waals surface area contributed by atoms with E-state index in [1.807, 2.05) is 0 Å². The van der Waals surface area contributed by atoms with E-state index in [1.165, 1.54) is 11.3 Å². The summed E-state index contributed by atoms with van der Waals surface area (Å²) in [6.07, 6.45) is 4.42. The summed E-state index contributed by atoms with van der Waals surface area (Å²) in [5.74, 6) is -0.101. The monoisotopic (exact) mass is 297 g/mol. The lowest BCUT2D eigenvalue weighted by Crippen LogP contribution is -2.17. The smallest absolute Gasteiger partial charge is 0.251 e. The van der Waals surface area contributed by atoms with Crippen molar-refractivity contribution in [1.29, 1.82) is 0 Å². The molecule has 20 heavy (non-hydrogen) atoms. The number of anilines is 1. The van der Waals surface area contributed by atoms with Crippen LogP contribution in [0.1, 0.15) is 49.4 Å². The summed E-state index contributed by atoms with van der Waals surface area (Å²) in [7, 11) is 0. The van der Waals surface area contributed by atoms with Gasteiger partial charge in [0.1, 0.15) is 5.00 Å². The molecule has 1 unspecified atom stereocenters. The van der Waals surface area contributed by atoms with Gasteiger partial charge in [0.2, 0.25) is 5.91 Å². The zero-order valence-electron chi connectivity index (χ0n) is 11.9. The first kappa shape index (κ1) is 16.7. The third kappa shape index (κ3) is 5.30. The van der Waals surface area contributed by atoms with Gasteiger partial charge in [-0.15, -0.1) is 11.3 Å². The van der Waals surface area contributed by atoms with Crippen LogP contribution in [0.15, 0.2) is 11.4 Å². The molecule has 0 spiro atoms. The first-order valence-electron chi connectivity index (χ1n) is 6.95. The SMILES string of the molecule is CCCC(CCN)CCC(=O)Nc1sccc1C(N)=O. The lowest BCUT2D eigenvalue weighted by Gasteiger charge is -2.14. The van der Waals surface area contributed by atoms with Gasteiger partial charge in [0.15, 0.2) is 0 Å². The van der Waals surface area contributed by atoms with Gasteiger partial charge >= 0.3 is 0 Å². The molecule has 0 saturated heterocycles. The van der Waals surface area contributed by atoms with Gasteiger partial charge in [-0.3, -0.25) is 9.59 Å². The number of thiophene rings is 1. The maximum absolute atomic E-state index is 11.9. The molecule has 0 aromatic carbocycles. The third-order valence-corrected chi connectivity index (χ3v) is 4.06. The second kappa shape index (κ2) is 8.71. The van der Waals surface area contributed by atoms with Gasteiger partial charge in [-0.05, 0) is 36.8 Å². The number of hydrogen-bond donors (Lipinski definition) is 3. The first-order chi connectivity index (χ1) is 9.58. The van der Waals surface area contributed by atoms with E-state index in [4.69, 9.17) is 11.5 Å². The maximum atomic E-state index is 11.9. The predicted octanol–water partition coefficient (Wildman–Crippen LogP) is 2.33. The van der Waals surface area contributed by atoms with Crippen LogP contribution in [-0.2, 0) is 4.79 Å². The molecule has 5 N–H and O–H groups in total. The molecule has 6 heteroatoms. The fourth-order valence-electron chi connectivity index (χ4n) is 2.20. The Balaban J connectivity index is 2.46. The van der Waals surface area contributed by atoms with E-state index in [0.717, 1.165) is 25.7 Å². The van der Waals surface area contributed by atoms with Crippen molar-refractivity contribution in [3.63, 3.8) is 0 Å². The van der Waals surface area contributed by atoms with E-state index in [1.54, 1.807) is 11.4 Å². The quantitative estimate of drug-likeness (QED) is 0.652. The minimum Gasteiger partial charge on any atom is -0.366 e. The highest BCUT2D eigenvalue weighted by Gasteiger charge is 2.14. The lowest BCUT2D eigenvalue weighted by molar-refractivity contribution is -0.116. The molecule has 112 valence electrons. The minimum atomic E-state index is -0.520. The Kier molecular flexibility index (Phi) is 7.25. The van der Waals surface area contributed by atoms with Crippen LogP contribution < -0.4 is 16.8 Å². The van der Waals surface area contributed by atoms with E-state index < -0.39 is 5.91 Å². The molecule has 1 aromatic rings. The second-order valence-electron chi connectivity index (χ2n) is 4.85. The Hall–Kier alpha value is -1.40. The molecular weight excluding hydrogens is 274 g/mol. The van der Waals surface area contributed by atoms with Crippen LogP contribution >= 0.6 is 11.3 Å². The van der Waals surface area contributed by atoms with Crippen LogP contribution in [0.2, 0.25) is 0 Å². The highest BCUT2D eigenvalue weighted by Crippen LogP contribution is 2.23. The van der Waals surface area contributed by atoms with Gasteiger partial charge in [-0.25, -0.2) is 0 Å². The van der Waals surface area contributed by atoms with Crippen LogP contribution in [0.25, 0.3) is 0 Å². The Morgan fingerprint density at radius 2 is 2.10 bits per heavy atom. The second-order valence-corrected chi connectivity index (χ2v) is 5.76. The van der Waals surface area contributed by atoms with Gasteiger partial charge in [0.05, 0.1) is 5.56 Å². The summed E-state index contributed by atoms with van der Waals surface area (Å²) >= 11 is 1.31. The van der Waals surface area contributed by atoms with Gasteiger partial charge in [0, 0.05) is 6.42 Å². The average molecular weight is 297 g/mol. The zero-order valence-corrected chi connectivity index (χ0v) is 12.7. The number of rotatable bonds is 9. The standard InChI is InChI=1S/C14H23N3O2S/c1-2-3-10(6-8-15)4-5-12(18)17-14-11(13(16)19)7-9-20-14/h7,9-10H,2-6,8,15H2,1H3,(H2,16,19)(H,17,18). The van der Waals surface area contributed by atoms with E-state index in [9.17, 15) is 9.59 Å². The topological polar surface area (TPSA) is 98.2 Å². The summed E-state index contributed by atoms with van der Waals surface area (Å²) in [6, 6.07) is 1.62. The predicted molar refractivity (Wildman–Crippen MR) is 82.8 cm³/mol. The average Bonchev–Trinajstić information content (AvgIpc) is 2.84. The number of hydrogen-bond acceptors (Lipinski definition) is 4. The molecule has 0 saturated carbocycles. The molecule has 1 rings (SSSR count). The summed E-state index contributed by atoms with van der Waals surface area (Å²) < 4.78 is 0. The molecule has 0 aliphatic heterocycles. The van der Waals surface area contributed by atoms with Crippen LogP contribution in [0.5, 0.6) is 0 Å². The van der Waals surface area contributed by atoms with Crippen molar-refractivity contribution >= 4 is 28.2 Å². The highest BCUT2D eigenvalue weighted by atomic mass is 32.1. The van der Waals surface area contributed by atoms with Crippen LogP contribution in [0, 0.1) is 5.92 Å². The molecular formula is C14H23N3O2S. The molecule has 0 radical (unpaired) electrons. The first-order valence-corrected chi connectivity index (χ1v) is 7.83. The third-order valence-electron chi connectivity index (χ3n) is 3.24. The van der Waals surface area contributed by atoms with E-state index in [-0.39, 0.29) is 5.91 Å². The Morgan fingerprint density at radius 3 is 2.70 bits per heavy atom. The molecule has 1 aromatic heterocycles. The summed E-state index contributed by atoms with van der Waals surface area (Å²) in [4.78, 5) is 23.1. The van der Waals surface area contributed by atoms with Crippen LogP contribution in [0.3, 0.4) is 0 Å². The Labute approximate surface area is 123 Å². The minimum absolute atomic E-state index is 0.0759. The summed E-state index contributed by atoms with van der Waals surface area (Å²) in [5, 5.41) is 5.03. The number of nitrogens with one attached hydrogen (secondary N) is 1. The van der Waals surface area contributed by atoms with E-state index >= 15 is 0 Å². The molecule has 1 atom stereocenters. The van der Waals surface area contributed by atoms with Gasteiger partial charge < -0.3 is 16.8 Å². The van der Waals surface area contributed by atoms with Gasteiger partial charge in [-0.2, -0.15) is 0 Å². The van der Waals surface area contributed by atoms with Crippen molar-refractivity contribution < 1.29 is 9.59 Å². The van der Waals surface area contributed by atoms with Crippen molar-refractivity contribution in [2.45, 2.75) is 39.0 Å². The summed E-state index contributed by atoms with van der Waals surface area (Å²) in [5.41, 5.74) is 11.2. The van der Waals surface area contributed by atoms with E-state index in [0.29, 0.717) is 29.4 Å². The molecule has 5 nitrogen and oxygen atoms in total.